The Morgan fingerprint density at radius 2 is 2.19 bits per heavy atom. The predicted octanol–water partition coefficient (Wildman–Crippen LogP) is 3.43. The van der Waals surface area contributed by atoms with Crippen LogP contribution in [-0.2, 0) is 11.2 Å². The molecule has 1 amide bonds. The smallest absolute Gasteiger partial charge is 0.223 e. The molecule has 142 valence electrons. The van der Waals surface area contributed by atoms with Gasteiger partial charge in [-0.25, -0.2) is 4.98 Å². The quantitative estimate of drug-likeness (QED) is 0.725. The molecule has 0 saturated carbocycles. The van der Waals surface area contributed by atoms with Crippen LogP contribution in [0.4, 0.5) is 5.95 Å². The van der Waals surface area contributed by atoms with Gasteiger partial charge in [0.25, 0.3) is 0 Å². The summed E-state index contributed by atoms with van der Waals surface area (Å²) in [6, 6.07) is 10.1. The molecule has 0 bridgehead atoms. The topological polar surface area (TPSA) is 74.2 Å². The molecule has 4 rings (SSSR count). The van der Waals surface area contributed by atoms with Crippen LogP contribution in [0.1, 0.15) is 31.1 Å². The first-order chi connectivity index (χ1) is 13.1. The van der Waals surface area contributed by atoms with Crippen LogP contribution in [-0.4, -0.2) is 35.0 Å². The first kappa shape index (κ1) is 17.6. The van der Waals surface area contributed by atoms with Crippen LogP contribution < -0.4 is 10.2 Å². The van der Waals surface area contributed by atoms with Crippen LogP contribution in [0, 0.1) is 12.8 Å². The second-order valence-corrected chi connectivity index (χ2v) is 7.54. The maximum atomic E-state index is 12.6. The number of anilines is 1. The average molecular weight is 366 g/mol. The summed E-state index contributed by atoms with van der Waals surface area (Å²) >= 11 is 0. The zero-order chi connectivity index (χ0) is 18.8. The molecule has 27 heavy (non-hydrogen) atoms. The molecular formula is C21H26N4O2. The number of rotatable bonds is 5. The second-order valence-electron chi connectivity index (χ2n) is 7.54. The van der Waals surface area contributed by atoms with Gasteiger partial charge in [0.2, 0.25) is 11.9 Å². The lowest BCUT2D eigenvalue weighted by atomic mass is 9.95. The Kier molecular flexibility index (Phi) is 4.88. The van der Waals surface area contributed by atoms with Crippen molar-refractivity contribution in [1.82, 2.24) is 15.3 Å². The van der Waals surface area contributed by atoms with Gasteiger partial charge in [0.1, 0.15) is 5.76 Å². The Morgan fingerprint density at radius 3 is 2.93 bits per heavy atom. The first-order valence-electron chi connectivity index (χ1n) is 9.62. The number of piperidine rings is 1. The molecule has 0 radical (unpaired) electrons. The minimum absolute atomic E-state index is 0.0620. The summed E-state index contributed by atoms with van der Waals surface area (Å²) in [5, 5.41) is 3.13. The number of benzene rings is 1. The third-order valence-electron chi connectivity index (χ3n) is 5.27. The Morgan fingerprint density at radius 1 is 1.37 bits per heavy atom. The molecule has 6 nitrogen and oxygen atoms in total. The summed E-state index contributed by atoms with van der Waals surface area (Å²) in [5.74, 6) is 2.01. The molecule has 1 aromatic carbocycles. The number of nitrogens with zero attached hydrogens (tertiary/aromatic N) is 2. The van der Waals surface area contributed by atoms with Crippen molar-refractivity contribution in [3.05, 3.63) is 47.9 Å². The van der Waals surface area contributed by atoms with E-state index in [1.165, 1.54) is 5.56 Å². The van der Waals surface area contributed by atoms with Crippen LogP contribution in [0.5, 0.6) is 0 Å². The van der Waals surface area contributed by atoms with Gasteiger partial charge in [-0.1, -0.05) is 6.07 Å². The van der Waals surface area contributed by atoms with Gasteiger partial charge in [-0.3, -0.25) is 4.79 Å². The van der Waals surface area contributed by atoms with Crippen molar-refractivity contribution < 1.29 is 9.21 Å². The average Bonchev–Trinajstić information content (AvgIpc) is 3.30. The van der Waals surface area contributed by atoms with E-state index in [9.17, 15) is 4.79 Å². The number of fused-ring (bicyclic) bond motifs is 1. The molecule has 6 heteroatoms. The van der Waals surface area contributed by atoms with Crippen molar-refractivity contribution in [1.29, 1.82) is 0 Å². The molecule has 3 aromatic rings. The number of aromatic nitrogens is 2. The third kappa shape index (κ3) is 3.99. The maximum Gasteiger partial charge on any atom is 0.223 e. The maximum absolute atomic E-state index is 12.6. The molecule has 1 fully saturated rings. The Hall–Kier alpha value is -2.76. The summed E-state index contributed by atoms with van der Waals surface area (Å²) in [6.45, 7) is 5.77. The van der Waals surface area contributed by atoms with Crippen LogP contribution in [0.15, 0.2) is 41.0 Å². The fourth-order valence-corrected chi connectivity index (χ4v) is 3.76. The van der Waals surface area contributed by atoms with E-state index in [-0.39, 0.29) is 17.9 Å². The van der Waals surface area contributed by atoms with Gasteiger partial charge >= 0.3 is 0 Å². The summed E-state index contributed by atoms with van der Waals surface area (Å²) in [7, 11) is 0. The monoisotopic (exact) mass is 366 g/mol. The van der Waals surface area contributed by atoms with Gasteiger partial charge in [0.05, 0.1) is 17.3 Å². The molecule has 1 aliphatic heterocycles. The van der Waals surface area contributed by atoms with Crippen LogP contribution >= 0.6 is 0 Å². The van der Waals surface area contributed by atoms with E-state index in [0.717, 1.165) is 55.1 Å². The number of aromatic amines is 1. The number of amides is 1. The van der Waals surface area contributed by atoms with Crippen LogP contribution in [0.25, 0.3) is 11.0 Å². The normalized spacial score (nSPS) is 16.6. The standard InChI is InChI=1S/C21H26N4O2/c1-14-5-6-18-19(12-14)24-21(23-18)25-9-7-16(8-10-25)20(26)22-15(2)13-17-4-3-11-27-17/h3-6,11-12,15-16H,7-10,13H2,1-2H3,(H,22,26)(H,23,24). The van der Waals surface area contributed by atoms with Crippen LogP contribution in [0.2, 0.25) is 0 Å². The van der Waals surface area contributed by atoms with E-state index < -0.39 is 0 Å². The van der Waals surface area contributed by atoms with Gasteiger partial charge < -0.3 is 19.6 Å². The minimum Gasteiger partial charge on any atom is -0.469 e. The zero-order valence-corrected chi connectivity index (χ0v) is 15.9. The summed E-state index contributed by atoms with van der Waals surface area (Å²) in [6.07, 6.45) is 4.07. The molecule has 3 heterocycles. The molecular weight excluding hydrogens is 340 g/mol. The molecule has 2 aromatic heterocycles. The van der Waals surface area contributed by atoms with Gasteiger partial charge in [0.15, 0.2) is 0 Å². The minimum atomic E-state index is 0.0620. The Balaban J connectivity index is 1.31. The van der Waals surface area contributed by atoms with Gasteiger partial charge in [-0.15, -0.1) is 0 Å². The van der Waals surface area contributed by atoms with Crippen molar-refractivity contribution in [2.45, 2.75) is 39.2 Å². The predicted molar refractivity (Wildman–Crippen MR) is 106 cm³/mol. The summed E-state index contributed by atoms with van der Waals surface area (Å²) in [5.41, 5.74) is 3.27. The van der Waals surface area contributed by atoms with Gasteiger partial charge in [-0.05, 0) is 56.5 Å². The van der Waals surface area contributed by atoms with E-state index >= 15 is 0 Å². The lowest BCUT2D eigenvalue weighted by molar-refractivity contribution is -0.126. The van der Waals surface area contributed by atoms with Crippen molar-refractivity contribution in [3.63, 3.8) is 0 Å². The molecule has 1 saturated heterocycles. The lowest BCUT2D eigenvalue weighted by Gasteiger charge is -2.31. The number of nitrogens with one attached hydrogen (secondary N) is 2. The van der Waals surface area contributed by atoms with Crippen molar-refractivity contribution in [2.24, 2.45) is 5.92 Å². The molecule has 1 unspecified atom stereocenters. The Bertz CT molecular complexity index is 908. The number of carbonyl (C=O) groups is 1. The molecule has 0 spiro atoms. The Labute approximate surface area is 159 Å². The van der Waals surface area contributed by atoms with Crippen molar-refractivity contribution >= 4 is 22.9 Å². The number of hydrogen-bond donors (Lipinski definition) is 2. The largest absolute Gasteiger partial charge is 0.469 e. The third-order valence-corrected chi connectivity index (χ3v) is 5.27. The highest BCUT2D eigenvalue weighted by molar-refractivity contribution is 5.80. The zero-order valence-electron chi connectivity index (χ0n) is 15.9. The van der Waals surface area contributed by atoms with E-state index in [1.54, 1.807) is 6.26 Å². The highest BCUT2D eigenvalue weighted by Crippen LogP contribution is 2.24. The molecule has 1 aliphatic rings. The lowest BCUT2D eigenvalue weighted by Crippen LogP contribution is -2.43. The number of carbonyl (C=O) groups excluding carboxylic acids is 1. The summed E-state index contributed by atoms with van der Waals surface area (Å²) < 4.78 is 5.36. The number of imidazole rings is 1. The molecule has 0 aliphatic carbocycles. The fourth-order valence-electron chi connectivity index (χ4n) is 3.76. The number of H-pyrrole nitrogens is 1. The summed E-state index contributed by atoms with van der Waals surface area (Å²) in [4.78, 5) is 22.9. The molecule has 1 atom stereocenters. The number of hydrogen-bond acceptors (Lipinski definition) is 4. The highest BCUT2D eigenvalue weighted by Gasteiger charge is 2.27. The van der Waals surface area contributed by atoms with Crippen LogP contribution in [0.3, 0.4) is 0 Å². The second kappa shape index (κ2) is 7.47. The fraction of sp³-hybridized carbons (Fsp3) is 0.429. The van der Waals surface area contributed by atoms with E-state index in [2.05, 4.69) is 34.3 Å². The van der Waals surface area contributed by atoms with Gasteiger partial charge in [-0.2, -0.15) is 0 Å². The highest BCUT2D eigenvalue weighted by atomic mass is 16.3. The number of furan rings is 1. The van der Waals surface area contributed by atoms with Crippen molar-refractivity contribution in [2.75, 3.05) is 18.0 Å². The van der Waals surface area contributed by atoms with E-state index in [0.29, 0.717) is 0 Å². The van der Waals surface area contributed by atoms with Crippen molar-refractivity contribution in [3.8, 4) is 0 Å². The number of aryl methyl sites for hydroxylation is 1. The first-order valence-corrected chi connectivity index (χ1v) is 9.62. The SMILES string of the molecule is Cc1ccc2nc(N3CCC(C(=O)NC(C)Cc4ccco4)CC3)[nH]c2c1. The molecule has 2 N–H and O–H groups in total. The van der Waals surface area contributed by atoms with E-state index in [4.69, 9.17) is 9.40 Å². The van der Waals surface area contributed by atoms with Gasteiger partial charge in [0, 0.05) is 31.5 Å². The van der Waals surface area contributed by atoms with E-state index in [1.807, 2.05) is 25.1 Å².